The van der Waals surface area contributed by atoms with E-state index >= 15 is 0 Å². The summed E-state index contributed by atoms with van der Waals surface area (Å²) < 4.78 is 28.0. The Morgan fingerprint density at radius 1 is 0.958 bits per heavy atom. The van der Waals surface area contributed by atoms with E-state index in [2.05, 4.69) is 29.0 Å². The van der Waals surface area contributed by atoms with Crippen molar-refractivity contribution >= 4 is 10.0 Å². The normalized spacial score (nSPS) is 17.0. The summed E-state index contributed by atoms with van der Waals surface area (Å²) in [6.45, 7) is 2.47. The molecule has 3 nitrogen and oxygen atoms in total. The SMILES string of the molecule is Cc1ccc(S(=O)(=O)NCC2(Cc3ccccc3)CCCC2)cc1. The quantitative estimate of drug-likeness (QED) is 0.859. The molecule has 1 N–H and O–H groups in total. The molecule has 0 heterocycles. The molecule has 0 bridgehead atoms. The maximum absolute atomic E-state index is 12.6. The van der Waals surface area contributed by atoms with E-state index in [4.69, 9.17) is 0 Å². The lowest BCUT2D eigenvalue weighted by atomic mass is 9.80. The van der Waals surface area contributed by atoms with Crippen LogP contribution in [0.25, 0.3) is 0 Å². The van der Waals surface area contributed by atoms with Gasteiger partial charge in [-0.3, -0.25) is 0 Å². The van der Waals surface area contributed by atoms with Crippen molar-refractivity contribution < 1.29 is 8.42 Å². The molecular weight excluding hydrogens is 318 g/mol. The zero-order valence-electron chi connectivity index (χ0n) is 14.2. The van der Waals surface area contributed by atoms with Crippen LogP contribution in [0.15, 0.2) is 59.5 Å². The van der Waals surface area contributed by atoms with Gasteiger partial charge in [0.1, 0.15) is 0 Å². The first kappa shape index (κ1) is 17.2. The Balaban J connectivity index is 1.73. The molecule has 0 aliphatic heterocycles. The fraction of sp³-hybridized carbons (Fsp3) is 0.400. The minimum Gasteiger partial charge on any atom is -0.211 e. The second-order valence-corrected chi connectivity index (χ2v) is 8.77. The monoisotopic (exact) mass is 343 g/mol. The second-order valence-electron chi connectivity index (χ2n) is 7.01. The van der Waals surface area contributed by atoms with Crippen molar-refractivity contribution in [2.45, 2.75) is 43.9 Å². The van der Waals surface area contributed by atoms with Crippen LogP contribution in [-0.4, -0.2) is 15.0 Å². The fourth-order valence-corrected chi connectivity index (χ4v) is 4.78. The van der Waals surface area contributed by atoms with E-state index in [9.17, 15) is 8.42 Å². The van der Waals surface area contributed by atoms with Gasteiger partial charge in [0.25, 0.3) is 0 Å². The van der Waals surface area contributed by atoms with Gasteiger partial charge < -0.3 is 0 Å². The number of sulfonamides is 1. The Bertz CT molecular complexity index is 761. The van der Waals surface area contributed by atoms with Gasteiger partial charge in [-0.05, 0) is 49.3 Å². The molecule has 0 saturated heterocycles. The van der Waals surface area contributed by atoms with Crippen molar-refractivity contribution in [1.82, 2.24) is 4.72 Å². The number of benzene rings is 2. The molecule has 24 heavy (non-hydrogen) atoms. The summed E-state index contributed by atoms with van der Waals surface area (Å²) in [5.41, 5.74) is 2.39. The Kier molecular flexibility index (Phi) is 5.07. The van der Waals surface area contributed by atoms with Crippen LogP contribution >= 0.6 is 0 Å². The fourth-order valence-electron chi connectivity index (χ4n) is 3.62. The van der Waals surface area contributed by atoms with Crippen LogP contribution in [-0.2, 0) is 16.4 Å². The van der Waals surface area contributed by atoms with Gasteiger partial charge in [-0.2, -0.15) is 0 Å². The van der Waals surface area contributed by atoms with Crippen molar-refractivity contribution in [2.24, 2.45) is 5.41 Å². The number of aryl methyl sites for hydroxylation is 1. The van der Waals surface area contributed by atoms with E-state index < -0.39 is 10.0 Å². The van der Waals surface area contributed by atoms with Crippen molar-refractivity contribution in [3.8, 4) is 0 Å². The standard InChI is InChI=1S/C20H25NO2S/c1-17-9-11-19(12-10-17)24(22,23)21-16-20(13-5-6-14-20)15-18-7-3-2-4-8-18/h2-4,7-12,21H,5-6,13-16H2,1H3. The van der Waals surface area contributed by atoms with Crippen molar-refractivity contribution in [3.05, 3.63) is 65.7 Å². The van der Waals surface area contributed by atoms with Gasteiger partial charge in [0, 0.05) is 6.54 Å². The molecule has 3 rings (SSSR count). The maximum atomic E-state index is 12.6. The van der Waals surface area contributed by atoms with Crippen LogP contribution in [0.4, 0.5) is 0 Å². The summed E-state index contributed by atoms with van der Waals surface area (Å²) in [6.07, 6.45) is 5.46. The topological polar surface area (TPSA) is 46.2 Å². The Labute approximate surface area is 145 Å². The van der Waals surface area contributed by atoms with E-state index in [1.807, 2.05) is 25.1 Å². The highest BCUT2D eigenvalue weighted by Gasteiger charge is 2.35. The number of hydrogen-bond donors (Lipinski definition) is 1. The summed E-state index contributed by atoms with van der Waals surface area (Å²) in [5, 5.41) is 0. The number of nitrogens with one attached hydrogen (secondary N) is 1. The van der Waals surface area contributed by atoms with E-state index in [1.165, 1.54) is 18.4 Å². The van der Waals surface area contributed by atoms with Gasteiger partial charge in [-0.25, -0.2) is 13.1 Å². The van der Waals surface area contributed by atoms with Crippen LogP contribution in [0.1, 0.15) is 36.8 Å². The van der Waals surface area contributed by atoms with Gasteiger partial charge in [-0.1, -0.05) is 60.9 Å². The third-order valence-corrected chi connectivity index (χ3v) is 6.47. The van der Waals surface area contributed by atoms with E-state index in [0.29, 0.717) is 11.4 Å². The first-order valence-electron chi connectivity index (χ1n) is 8.59. The van der Waals surface area contributed by atoms with E-state index in [-0.39, 0.29) is 5.41 Å². The minimum absolute atomic E-state index is 0.0408. The molecule has 0 radical (unpaired) electrons. The lowest BCUT2D eigenvalue weighted by Gasteiger charge is -2.29. The van der Waals surface area contributed by atoms with Gasteiger partial charge in [0.2, 0.25) is 10.0 Å². The lowest BCUT2D eigenvalue weighted by Crippen LogP contribution is -2.37. The summed E-state index contributed by atoms with van der Waals surface area (Å²) in [4.78, 5) is 0.348. The van der Waals surface area contributed by atoms with Crippen LogP contribution in [0, 0.1) is 12.3 Å². The van der Waals surface area contributed by atoms with E-state index in [0.717, 1.165) is 24.8 Å². The third kappa shape index (κ3) is 4.05. The minimum atomic E-state index is -3.44. The average Bonchev–Trinajstić information content (AvgIpc) is 3.03. The zero-order valence-corrected chi connectivity index (χ0v) is 15.0. The second kappa shape index (κ2) is 7.08. The number of rotatable bonds is 6. The summed E-state index contributed by atoms with van der Waals surface area (Å²) >= 11 is 0. The smallest absolute Gasteiger partial charge is 0.211 e. The van der Waals surface area contributed by atoms with E-state index in [1.54, 1.807) is 12.1 Å². The molecule has 2 aromatic carbocycles. The average molecular weight is 343 g/mol. The zero-order chi connectivity index (χ0) is 17.0. The molecular formula is C20H25NO2S. The summed E-state index contributed by atoms with van der Waals surface area (Å²) in [5.74, 6) is 0. The molecule has 2 aromatic rings. The highest BCUT2D eigenvalue weighted by molar-refractivity contribution is 7.89. The van der Waals surface area contributed by atoms with Crippen LogP contribution in [0.3, 0.4) is 0 Å². The molecule has 0 amide bonds. The maximum Gasteiger partial charge on any atom is 0.240 e. The highest BCUT2D eigenvalue weighted by atomic mass is 32.2. The first-order chi connectivity index (χ1) is 11.5. The lowest BCUT2D eigenvalue weighted by molar-refractivity contribution is 0.295. The van der Waals surface area contributed by atoms with Gasteiger partial charge in [0.15, 0.2) is 0 Å². The molecule has 0 unspecified atom stereocenters. The largest absolute Gasteiger partial charge is 0.240 e. The molecule has 4 heteroatoms. The Hall–Kier alpha value is -1.65. The molecule has 1 saturated carbocycles. The molecule has 0 atom stereocenters. The van der Waals surface area contributed by atoms with Crippen LogP contribution in [0.5, 0.6) is 0 Å². The Morgan fingerprint density at radius 2 is 1.58 bits per heavy atom. The van der Waals surface area contributed by atoms with Crippen molar-refractivity contribution in [1.29, 1.82) is 0 Å². The molecule has 1 fully saturated rings. The molecule has 1 aliphatic carbocycles. The van der Waals surface area contributed by atoms with Crippen molar-refractivity contribution in [3.63, 3.8) is 0 Å². The molecule has 1 aliphatic rings. The van der Waals surface area contributed by atoms with Crippen LogP contribution in [0.2, 0.25) is 0 Å². The number of hydrogen-bond acceptors (Lipinski definition) is 2. The summed E-state index contributed by atoms with van der Waals surface area (Å²) in [7, 11) is -3.44. The molecule has 0 aromatic heterocycles. The van der Waals surface area contributed by atoms with Crippen LogP contribution < -0.4 is 4.72 Å². The molecule has 128 valence electrons. The van der Waals surface area contributed by atoms with Gasteiger partial charge in [0.05, 0.1) is 4.90 Å². The first-order valence-corrected chi connectivity index (χ1v) is 10.1. The molecule has 0 spiro atoms. The summed E-state index contributed by atoms with van der Waals surface area (Å²) in [6, 6.07) is 17.4. The van der Waals surface area contributed by atoms with Gasteiger partial charge in [-0.15, -0.1) is 0 Å². The predicted octanol–water partition coefficient (Wildman–Crippen LogP) is 4.08. The predicted molar refractivity (Wildman–Crippen MR) is 97.4 cm³/mol. The van der Waals surface area contributed by atoms with Crippen molar-refractivity contribution in [2.75, 3.05) is 6.54 Å². The Morgan fingerprint density at radius 3 is 2.21 bits per heavy atom. The third-order valence-electron chi connectivity index (χ3n) is 5.05. The highest BCUT2D eigenvalue weighted by Crippen LogP contribution is 2.40. The van der Waals surface area contributed by atoms with Gasteiger partial charge >= 0.3 is 0 Å².